The number of hydrogen-bond donors (Lipinski definition) is 2. The van der Waals surface area contributed by atoms with Gasteiger partial charge in [0.15, 0.2) is 4.90 Å². The van der Waals surface area contributed by atoms with Crippen molar-refractivity contribution in [1.82, 2.24) is 4.73 Å². The van der Waals surface area contributed by atoms with Crippen molar-refractivity contribution < 1.29 is 37.4 Å². The molecule has 2 aromatic carbocycles. The maximum Gasteiger partial charge on any atom is 0.363 e. The van der Waals surface area contributed by atoms with E-state index in [1.54, 1.807) is 0 Å². The summed E-state index contributed by atoms with van der Waals surface area (Å²) in [6, 6.07) is 12.5. The molecule has 3 rings (SSSR count). The molecule has 156 valence electrons. The summed E-state index contributed by atoms with van der Waals surface area (Å²) in [6.45, 7) is -0.428. The Morgan fingerprint density at radius 3 is 2.20 bits per heavy atom. The van der Waals surface area contributed by atoms with Gasteiger partial charge in [-0.25, -0.2) is 4.79 Å². The van der Waals surface area contributed by atoms with E-state index in [9.17, 15) is 33.5 Å². The molecule has 0 spiro atoms. The smallest absolute Gasteiger partial charge is 0.363 e. The number of aromatic hydroxyl groups is 2. The van der Waals surface area contributed by atoms with Gasteiger partial charge in [-0.15, -0.1) is 4.73 Å². The fraction of sp³-hybridized carbons (Fsp3) is 0.0556. The molecule has 0 fully saturated rings. The molecular formula is C18H14N2O9S. The molecule has 0 aliphatic heterocycles. The van der Waals surface area contributed by atoms with Gasteiger partial charge in [-0.3, -0.25) is 14.3 Å². The molecule has 0 bridgehead atoms. The van der Waals surface area contributed by atoms with E-state index in [-0.39, 0.29) is 5.56 Å². The Hall–Kier alpha value is -3.90. The second-order valence-corrected chi connectivity index (χ2v) is 7.44. The predicted molar refractivity (Wildman–Crippen MR) is 100 cm³/mol. The molecule has 0 atom stereocenters. The van der Waals surface area contributed by atoms with Gasteiger partial charge in [-0.1, -0.05) is 24.3 Å². The van der Waals surface area contributed by atoms with Crippen LogP contribution in [0.2, 0.25) is 0 Å². The Morgan fingerprint density at radius 1 is 1.00 bits per heavy atom. The van der Waals surface area contributed by atoms with Gasteiger partial charge in [-0.2, -0.15) is 8.42 Å². The van der Waals surface area contributed by atoms with Crippen LogP contribution in [0.5, 0.6) is 11.8 Å². The molecular weight excluding hydrogens is 420 g/mol. The van der Waals surface area contributed by atoms with Crippen molar-refractivity contribution in [2.45, 2.75) is 11.5 Å². The first-order valence-corrected chi connectivity index (χ1v) is 9.64. The van der Waals surface area contributed by atoms with E-state index >= 15 is 0 Å². The first-order valence-electron chi connectivity index (χ1n) is 8.23. The Bertz CT molecular complexity index is 1180. The second-order valence-electron chi connectivity index (χ2n) is 5.86. The minimum atomic E-state index is -4.40. The van der Waals surface area contributed by atoms with Crippen LogP contribution in [0.25, 0.3) is 0 Å². The molecule has 1 aromatic heterocycles. The number of hydrogen-bond acceptors (Lipinski definition) is 9. The quantitative estimate of drug-likeness (QED) is 0.322. The average molecular weight is 434 g/mol. The maximum absolute atomic E-state index is 12.3. The van der Waals surface area contributed by atoms with Crippen LogP contribution in [0.1, 0.15) is 15.9 Å². The number of rotatable bonds is 7. The summed E-state index contributed by atoms with van der Waals surface area (Å²) < 4.78 is 30.0. The van der Waals surface area contributed by atoms with Gasteiger partial charge >= 0.3 is 16.1 Å². The lowest BCUT2D eigenvalue weighted by molar-refractivity contribution is -0.387. The summed E-state index contributed by atoms with van der Waals surface area (Å²) in [5.41, 5.74) is -0.194. The third-order valence-corrected chi connectivity index (χ3v) is 5.19. The highest BCUT2D eigenvalue weighted by molar-refractivity contribution is 7.86. The topological polar surface area (TPSA) is 158 Å². The molecule has 11 nitrogen and oxygen atoms in total. The molecule has 0 saturated heterocycles. The number of nitrogens with zero attached hydrogens (tertiary/aromatic N) is 2. The van der Waals surface area contributed by atoms with Crippen molar-refractivity contribution in [3.05, 3.63) is 81.9 Å². The first-order chi connectivity index (χ1) is 14.2. The van der Waals surface area contributed by atoms with E-state index in [1.165, 1.54) is 36.4 Å². The Morgan fingerprint density at radius 2 is 1.60 bits per heavy atom. The Kier molecular flexibility index (Phi) is 5.71. The number of nitro groups is 1. The molecule has 0 saturated carbocycles. The Labute approximate surface area is 169 Å². The number of benzene rings is 2. The number of carbonyl (C=O) groups is 1. The molecule has 2 N–H and O–H groups in total. The van der Waals surface area contributed by atoms with E-state index in [4.69, 9.17) is 9.02 Å². The molecule has 3 aromatic rings. The van der Waals surface area contributed by atoms with Crippen LogP contribution in [0.3, 0.4) is 0 Å². The van der Waals surface area contributed by atoms with Crippen LogP contribution < -0.4 is 4.84 Å². The van der Waals surface area contributed by atoms with E-state index in [1.807, 2.05) is 0 Å². The highest BCUT2D eigenvalue weighted by Crippen LogP contribution is 2.25. The zero-order chi connectivity index (χ0) is 21.9. The average Bonchev–Trinajstić information content (AvgIpc) is 3.04. The lowest BCUT2D eigenvalue weighted by Gasteiger charge is -2.08. The summed E-state index contributed by atoms with van der Waals surface area (Å²) in [5.74, 6) is -1.85. The number of aromatic nitrogens is 1. The van der Waals surface area contributed by atoms with Crippen LogP contribution in [0, 0.1) is 10.1 Å². The zero-order valence-electron chi connectivity index (χ0n) is 15.0. The van der Waals surface area contributed by atoms with Gasteiger partial charge in [0, 0.05) is 18.2 Å². The monoisotopic (exact) mass is 434 g/mol. The van der Waals surface area contributed by atoms with Gasteiger partial charge in [0.05, 0.1) is 17.1 Å². The van der Waals surface area contributed by atoms with E-state index in [2.05, 4.69) is 0 Å². The minimum absolute atomic E-state index is 0.0489. The number of carbonyl (C=O) groups excluding carboxylic acids is 1. The van der Waals surface area contributed by atoms with Crippen molar-refractivity contribution >= 4 is 21.8 Å². The SMILES string of the molecule is O=C(On1c(O)ccc1O)c1ccc(COS(=O)(=O)c2ccccc2[N+](=O)[O-])cc1. The summed E-state index contributed by atoms with van der Waals surface area (Å²) in [7, 11) is -4.40. The standard InChI is InChI=1S/C18H14N2O9S/c21-16-9-10-17(22)19(16)29-18(23)13-7-5-12(6-8-13)11-28-30(26,27)15-4-2-1-3-14(15)20(24)25/h1-10,21-22H,11H2. The largest absolute Gasteiger partial charge is 0.492 e. The molecule has 1 heterocycles. The van der Waals surface area contributed by atoms with Crippen molar-refractivity contribution in [3.63, 3.8) is 0 Å². The van der Waals surface area contributed by atoms with Crippen molar-refractivity contribution in [1.29, 1.82) is 0 Å². The van der Waals surface area contributed by atoms with Gasteiger partial charge in [0.2, 0.25) is 11.8 Å². The van der Waals surface area contributed by atoms with Crippen LogP contribution in [-0.4, -0.2) is 34.3 Å². The molecule has 30 heavy (non-hydrogen) atoms. The van der Waals surface area contributed by atoms with Crippen LogP contribution in [0.4, 0.5) is 5.69 Å². The van der Waals surface area contributed by atoms with Gasteiger partial charge in [0.25, 0.3) is 5.69 Å². The fourth-order valence-electron chi connectivity index (χ4n) is 2.40. The Balaban J connectivity index is 1.69. The highest BCUT2D eigenvalue weighted by Gasteiger charge is 2.26. The van der Waals surface area contributed by atoms with E-state index in [0.717, 1.165) is 24.3 Å². The number of nitro benzene ring substituents is 1. The lowest BCUT2D eigenvalue weighted by Crippen LogP contribution is -2.19. The predicted octanol–water partition coefficient (Wildman–Crippen LogP) is 1.98. The summed E-state index contributed by atoms with van der Waals surface area (Å²) in [4.78, 5) is 26.5. The van der Waals surface area contributed by atoms with E-state index in [0.29, 0.717) is 10.3 Å². The highest BCUT2D eigenvalue weighted by atomic mass is 32.2. The van der Waals surface area contributed by atoms with Gasteiger partial charge in [0.1, 0.15) is 0 Å². The molecule has 0 aliphatic carbocycles. The zero-order valence-corrected chi connectivity index (χ0v) is 15.9. The minimum Gasteiger partial charge on any atom is -0.492 e. The molecule has 12 heteroatoms. The normalized spacial score (nSPS) is 11.2. The summed E-state index contributed by atoms with van der Waals surface area (Å²) >= 11 is 0. The fourth-order valence-corrected chi connectivity index (χ4v) is 3.46. The van der Waals surface area contributed by atoms with Crippen molar-refractivity contribution in [2.75, 3.05) is 0 Å². The number of para-hydroxylation sites is 1. The first kappa shape index (κ1) is 20.8. The second kappa shape index (κ2) is 8.23. The van der Waals surface area contributed by atoms with Crippen LogP contribution in [0.15, 0.2) is 65.6 Å². The summed E-state index contributed by atoms with van der Waals surface area (Å²) in [6.07, 6.45) is 0. The molecule has 0 unspecified atom stereocenters. The lowest BCUT2D eigenvalue weighted by atomic mass is 10.1. The third kappa shape index (κ3) is 4.39. The van der Waals surface area contributed by atoms with Crippen molar-refractivity contribution in [3.8, 4) is 11.8 Å². The summed E-state index contributed by atoms with van der Waals surface area (Å²) in [5, 5.41) is 30.0. The molecule has 0 amide bonds. The third-order valence-electron chi connectivity index (χ3n) is 3.87. The van der Waals surface area contributed by atoms with Gasteiger partial charge < -0.3 is 15.1 Å². The van der Waals surface area contributed by atoms with Crippen molar-refractivity contribution in [2.24, 2.45) is 0 Å². The van der Waals surface area contributed by atoms with Gasteiger partial charge in [-0.05, 0) is 23.8 Å². The van der Waals surface area contributed by atoms with Crippen LogP contribution >= 0.6 is 0 Å². The maximum atomic E-state index is 12.3. The van der Waals surface area contributed by atoms with Crippen LogP contribution in [-0.2, 0) is 20.9 Å². The van der Waals surface area contributed by atoms with E-state index < -0.39 is 50.0 Å². The molecule has 0 aliphatic rings. The molecule has 0 radical (unpaired) electrons.